The molecule has 0 aromatic heterocycles. The Morgan fingerprint density at radius 3 is 2.71 bits per heavy atom. The van der Waals surface area contributed by atoms with Crippen LogP contribution in [0.5, 0.6) is 0 Å². The Hall–Kier alpha value is -0.890. The summed E-state index contributed by atoms with van der Waals surface area (Å²) in [6.45, 7) is 1.56. The van der Waals surface area contributed by atoms with Gasteiger partial charge in [0.05, 0.1) is 4.92 Å². The van der Waals surface area contributed by atoms with Crippen molar-refractivity contribution in [2.45, 2.75) is 18.9 Å². The van der Waals surface area contributed by atoms with Crippen LogP contribution in [0.15, 0.2) is 18.2 Å². The van der Waals surface area contributed by atoms with Gasteiger partial charge in [-0.15, -0.1) is 0 Å². The minimum Gasteiger partial charge on any atom is -0.381 e. The molecule has 92 valence electrons. The highest BCUT2D eigenvalue weighted by molar-refractivity contribution is 14.1. The number of nitrogens with one attached hydrogen (secondary N) is 1. The molecular weight excluding hydrogens is 335 g/mol. The zero-order valence-electron chi connectivity index (χ0n) is 9.19. The van der Waals surface area contributed by atoms with Gasteiger partial charge in [0, 0.05) is 40.6 Å². The van der Waals surface area contributed by atoms with E-state index in [0.717, 1.165) is 35.3 Å². The quantitative estimate of drug-likeness (QED) is 0.518. The molecule has 1 fully saturated rings. The van der Waals surface area contributed by atoms with Gasteiger partial charge in [-0.2, -0.15) is 0 Å². The minimum atomic E-state index is -0.375. The summed E-state index contributed by atoms with van der Waals surface area (Å²) in [4.78, 5) is 10.2. The SMILES string of the molecule is O=[N+]([O-])c1ccc(NC2CCOCC2)c(I)c1. The average molecular weight is 348 g/mol. The van der Waals surface area contributed by atoms with E-state index in [1.54, 1.807) is 12.1 Å². The number of ether oxygens (including phenoxy) is 1. The second-order valence-electron chi connectivity index (χ2n) is 3.95. The van der Waals surface area contributed by atoms with Gasteiger partial charge < -0.3 is 10.1 Å². The number of benzene rings is 1. The maximum Gasteiger partial charge on any atom is 0.270 e. The molecule has 1 aliphatic rings. The first-order valence-corrected chi connectivity index (χ1v) is 6.53. The summed E-state index contributed by atoms with van der Waals surface area (Å²) < 4.78 is 6.17. The largest absolute Gasteiger partial charge is 0.381 e. The Balaban J connectivity index is 2.08. The molecule has 0 atom stereocenters. The van der Waals surface area contributed by atoms with Gasteiger partial charge >= 0.3 is 0 Å². The summed E-state index contributed by atoms with van der Waals surface area (Å²) in [6, 6.07) is 5.29. The fourth-order valence-corrected chi connectivity index (χ4v) is 2.45. The third kappa shape index (κ3) is 3.29. The van der Waals surface area contributed by atoms with Crippen molar-refractivity contribution in [1.82, 2.24) is 0 Å². The molecule has 1 aromatic carbocycles. The van der Waals surface area contributed by atoms with Gasteiger partial charge in [0.25, 0.3) is 5.69 Å². The van der Waals surface area contributed by atoms with Gasteiger partial charge in [-0.05, 0) is 41.5 Å². The van der Waals surface area contributed by atoms with Crippen molar-refractivity contribution >= 4 is 34.0 Å². The Morgan fingerprint density at radius 2 is 2.12 bits per heavy atom. The van der Waals surface area contributed by atoms with Crippen LogP contribution in [0.3, 0.4) is 0 Å². The highest BCUT2D eigenvalue weighted by Gasteiger charge is 2.15. The van der Waals surface area contributed by atoms with Crippen LogP contribution in [0.25, 0.3) is 0 Å². The van der Waals surface area contributed by atoms with E-state index >= 15 is 0 Å². The van der Waals surface area contributed by atoms with Crippen molar-refractivity contribution < 1.29 is 9.66 Å². The number of nitro benzene ring substituents is 1. The molecule has 0 bridgehead atoms. The molecule has 1 saturated heterocycles. The molecule has 17 heavy (non-hydrogen) atoms. The number of rotatable bonds is 3. The van der Waals surface area contributed by atoms with E-state index in [0.29, 0.717) is 6.04 Å². The van der Waals surface area contributed by atoms with E-state index < -0.39 is 0 Å². The Morgan fingerprint density at radius 1 is 1.41 bits per heavy atom. The van der Waals surface area contributed by atoms with Crippen LogP contribution < -0.4 is 5.32 Å². The number of halogens is 1. The van der Waals surface area contributed by atoms with Crippen LogP contribution in [-0.4, -0.2) is 24.2 Å². The van der Waals surface area contributed by atoms with Crippen molar-refractivity contribution in [3.05, 3.63) is 31.9 Å². The van der Waals surface area contributed by atoms with Crippen LogP contribution in [0.1, 0.15) is 12.8 Å². The molecule has 0 aliphatic carbocycles. The molecule has 1 N–H and O–H groups in total. The van der Waals surface area contributed by atoms with Gasteiger partial charge in [0.15, 0.2) is 0 Å². The molecule has 0 amide bonds. The summed E-state index contributed by atoms with van der Waals surface area (Å²) in [5.74, 6) is 0. The van der Waals surface area contributed by atoms with Crippen molar-refractivity contribution in [2.75, 3.05) is 18.5 Å². The van der Waals surface area contributed by atoms with Crippen molar-refractivity contribution in [3.8, 4) is 0 Å². The molecule has 1 heterocycles. The number of nitrogens with zero attached hydrogens (tertiary/aromatic N) is 1. The predicted octanol–water partition coefficient (Wildman–Crippen LogP) is 2.79. The lowest BCUT2D eigenvalue weighted by molar-refractivity contribution is -0.384. The molecule has 0 radical (unpaired) electrons. The number of non-ortho nitro benzene ring substituents is 1. The van der Waals surface area contributed by atoms with Crippen LogP contribution in [0.2, 0.25) is 0 Å². The number of anilines is 1. The normalized spacial score (nSPS) is 16.8. The zero-order valence-corrected chi connectivity index (χ0v) is 11.3. The fourth-order valence-electron chi connectivity index (χ4n) is 1.80. The Labute approximate surface area is 113 Å². The van der Waals surface area contributed by atoms with Crippen LogP contribution in [0, 0.1) is 13.7 Å². The number of hydrogen-bond acceptors (Lipinski definition) is 4. The summed E-state index contributed by atoms with van der Waals surface area (Å²) in [6.07, 6.45) is 1.96. The second-order valence-corrected chi connectivity index (χ2v) is 5.11. The molecule has 5 nitrogen and oxygen atoms in total. The fraction of sp³-hybridized carbons (Fsp3) is 0.455. The summed E-state index contributed by atoms with van der Waals surface area (Å²) in [7, 11) is 0. The van der Waals surface area contributed by atoms with Gasteiger partial charge in [-0.3, -0.25) is 10.1 Å². The van der Waals surface area contributed by atoms with E-state index in [9.17, 15) is 10.1 Å². The Kier molecular flexibility index (Phi) is 4.16. The standard InChI is InChI=1S/C11H13IN2O3/c12-10-7-9(14(15)16)1-2-11(10)13-8-3-5-17-6-4-8/h1-2,7-8,13H,3-6H2. The lowest BCUT2D eigenvalue weighted by atomic mass is 10.1. The zero-order chi connectivity index (χ0) is 12.3. The Bertz CT molecular complexity index is 419. The highest BCUT2D eigenvalue weighted by atomic mass is 127. The molecular formula is C11H13IN2O3. The van der Waals surface area contributed by atoms with E-state index in [2.05, 4.69) is 27.9 Å². The molecule has 0 saturated carbocycles. The summed E-state index contributed by atoms with van der Waals surface area (Å²) >= 11 is 2.12. The maximum atomic E-state index is 10.6. The molecule has 1 aliphatic heterocycles. The van der Waals surface area contributed by atoms with Crippen molar-refractivity contribution in [3.63, 3.8) is 0 Å². The average Bonchev–Trinajstić information content (AvgIpc) is 2.33. The van der Waals surface area contributed by atoms with Gasteiger partial charge in [0.1, 0.15) is 0 Å². The topological polar surface area (TPSA) is 64.4 Å². The molecule has 2 rings (SSSR count). The lowest BCUT2D eigenvalue weighted by Gasteiger charge is -2.24. The monoisotopic (exact) mass is 348 g/mol. The second kappa shape index (κ2) is 5.63. The van der Waals surface area contributed by atoms with Gasteiger partial charge in [-0.25, -0.2) is 0 Å². The molecule has 0 spiro atoms. The third-order valence-corrected chi connectivity index (χ3v) is 3.64. The molecule has 1 aromatic rings. The molecule has 0 unspecified atom stereocenters. The van der Waals surface area contributed by atoms with E-state index in [1.807, 2.05) is 0 Å². The predicted molar refractivity (Wildman–Crippen MR) is 73.3 cm³/mol. The van der Waals surface area contributed by atoms with Crippen molar-refractivity contribution in [1.29, 1.82) is 0 Å². The summed E-state index contributed by atoms with van der Waals surface area (Å²) in [5, 5.41) is 14.0. The van der Waals surface area contributed by atoms with E-state index in [1.165, 1.54) is 6.07 Å². The minimum absolute atomic E-state index is 0.131. The van der Waals surface area contributed by atoms with Gasteiger partial charge in [0.2, 0.25) is 0 Å². The first kappa shape index (κ1) is 12.6. The third-order valence-electron chi connectivity index (χ3n) is 2.74. The summed E-state index contributed by atoms with van der Waals surface area (Å²) in [5.41, 5.74) is 1.09. The smallest absolute Gasteiger partial charge is 0.270 e. The lowest BCUT2D eigenvalue weighted by Crippen LogP contribution is -2.28. The first-order valence-electron chi connectivity index (χ1n) is 5.45. The van der Waals surface area contributed by atoms with E-state index in [-0.39, 0.29) is 10.6 Å². The van der Waals surface area contributed by atoms with Crippen LogP contribution in [0.4, 0.5) is 11.4 Å². The number of nitro groups is 1. The van der Waals surface area contributed by atoms with Crippen LogP contribution >= 0.6 is 22.6 Å². The highest BCUT2D eigenvalue weighted by Crippen LogP contribution is 2.25. The number of hydrogen-bond donors (Lipinski definition) is 1. The molecule has 6 heteroatoms. The van der Waals surface area contributed by atoms with E-state index in [4.69, 9.17) is 4.74 Å². The van der Waals surface area contributed by atoms with Crippen molar-refractivity contribution in [2.24, 2.45) is 0 Å². The first-order chi connectivity index (χ1) is 8.16. The van der Waals surface area contributed by atoms with Crippen LogP contribution in [-0.2, 0) is 4.74 Å². The maximum absolute atomic E-state index is 10.6. The van der Waals surface area contributed by atoms with Gasteiger partial charge in [-0.1, -0.05) is 0 Å².